The molecule has 6 heteroatoms. The standard InChI is InChI=1S/C18H20FN3O2/c19-13-7-5-12(6-8-13)18(9-10-18)17-21-15(22-24-17)11-16(23)20-14-3-1-2-4-14/h5-8,14H,1-4,9-11H2,(H,20,23). The van der Waals surface area contributed by atoms with Crippen LogP contribution in [0.1, 0.15) is 55.8 Å². The molecule has 4 rings (SSSR count). The van der Waals surface area contributed by atoms with E-state index in [-0.39, 0.29) is 29.6 Å². The summed E-state index contributed by atoms with van der Waals surface area (Å²) in [7, 11) is 0. The largest absolute Gasteiger partial charge is 0.353 e. The zero-order valence-corrected chi connectivity index (χ0v) is 13.4. The van der Waals surface area contributed by atoms with Crippen molar-refractivity contribution in [2.24, 2.45) is 0 Å². The highest BCUT2D eigenvalue weighted by Crippen LogP contribution is 2.52. The maximum absolute atomic E-state index is 13.1. The van der Waals surface area contributed by atoms with Crippen LogP contribution < -0.4 is 5.32 Å². The lowest BCUT2D eigenvalue weighted by atomic mass is 9.96. The number of nitrogens with zero attached hydrogens (tertiary/aromatic N) is 2. The third-order valence-electron chi connectivity index (χ3n) is 5.06. The molecule has 24 heavy (non-hydrogen) atoms. The first-order valence-corrected chi connectivity index (χ1v) is 8.54. The van der Waals surface area contributed by atoms with Crippen molar-refractivity contribution in [3.05, 3.63) is 47.4 Å². The lowest BCUT2D eigenvalue weighted by molar-refractivity contribution is -0.121. The highest BCUT2D eigenvalue weighted by Gasteiger charge is 2.51. The van der Waals surface area contributed by atoms with Crippen molar-refractivity contribution in [3.8, 4) is 0 Å². The van der Waals surface area contributed by atoms with E-state index in [1.165, 1.54) is 25.0 Å². The molecule has 2 aliphatic carbocycles. The molecule has 126 valence electrons. The summed E-state index contributed by atoms with van der Waals surface area (Å²) in [5.41, 5.74) is 0.676. The maximum atomic E-state index is 13.1. The summed E-state index contributed by atoms with van der Waals surface area (Å²) in [6, 6.07) is 6.71. The van der Waals surface area contributed by atoms with Gasteiger partial charge in [-0.3, -0.25) is 4.79 Å². The van der Waals surface area contributed by atoms with Crippen LogP contribution in [0.15, 0.2) is 28.8 Å². The molecule has 0 aliphatic heterocycles. The molecule has 1 N–H and O–H groups in total. The molecule has 2 aliphatic rings. The average Bonchev–Trinajstić information content (AvgIpc) is 2.98. The molecule has 0 spiro atoms. The summed E-state index contributed by atoms with van der Waals surface area (Å²) in [6.45, 7) is 0. The van der Waals surface area contributed by atoms with Crippen molar-refractivity contribution in [2.75, 3.05) is 0 Å². The highest BCUT2D eigenvalue weighted by atomic mass is 19.1. The van der Waals surface area contributed by atoms with Gasteiger partial charge in [-0.2, -0.15) is 4.98 Å². The summed E-state index contributed by atoms with van der Waals surface area (Å²) < 4.78 is 18.5. The first kappa shape index (κ1) is 15.3. The van der Waals surface area contributed by atoms with Crippen LogP contribution in [0.3, 0.4) is 0 Å². The van der Waals surface area contributed by atoms with E-state index in [2.05, 4.69) is 15.5 Å². The Morgan fingerprint density at radius 2 is 1.96 bits per heavy atom. The second-order valence-electron chi connectivity index (χ2n) is 6.83. The zero-order chi connectivity index (χ0) is 16.6. The Bertz CT molecular complexity index is 731. The van der Waals surface area contributed by atoms with Crippen molar-refractivity contribution in [1.82, 2.24) is 15.5 Å². The van der Waals surface area contributed by atoms with Gasteiger partial charge < -0.3 is 9.84 Å². The Morgan fingerprint density at radius 1 is 1.25 bits per heavy atom. The normalized spacial score (nSPS) is 19.4. The lowest BCUT2D eigenvalue weighted by Crippen LogP contribution is -2.33. The van der Waals surface area contributed by atoms with Crippen LogP contribution in [0, 0.1) is 5.82 Å². The Labute approximate surface area is 139 Å². The van der Waals surface area contributed by atoms with Gasteiger partial charge in [-0.05, 0) is 43.4 Å². The number of nitrogens with one attached hydrogen (secondary N) is 1. The first-order valence-electron chi connectivity index (χ1n) is 8.54. The number of aromatic nitrogens is 2. The predicted molar refractivity (Wildman–Crippen MR) is 84.8 cm³/mol. The van der Waals surface area contributed by atoms with Crippen LogP contribution in [0.2, 0.25) is 0 Å². The predicted octanol–water partition coefficient (Wildman–Crippen LogP) is 2.89. The quantitative estimate of drug-likeness (QED) is 0.916. The smallest absolute Gasteiger partial charge is 0.237 e. The summed E-state index contributed by atoms with van der Waals surface area (Å²) in [5, 5.41) is 6.99. The van der Waals surface area contributed by atoms with E-state index in [4.69, 9.17) is 4.52 Å². The van der Waals surface area contributed by atoms with Crippen LogP contribution in [0.25, 0.3) is 0 Å². The van der Waals surface area contributed by atoms with Gasteiger partial charge in [-0.15, -0.1) is 0 Å². The molecule has 5 nitrogen and oxygen atoms in total. The van der Waals surface area contributed by atoms with E-state index < -0.39 is 0 Å². The summed E-state index contributed by atoms with van der Waals surface area (Å²) in [5.74, 6) is 0.622. The third-order valence-corrected chi connectivity index (χ3v) is 5.06. The van der Waals surface area contributed by atoms with Gasteiger partial charge in [-0.25, -0.2) is 4.39 Å². The molecular formula is C18H20FN3O2. The maximum Gasteiger partial charge on any atom is 0.237 e. The molecule has 1 amide bonds. The van der Waals surface area contributed by atoms with Crippen molar-refractivity contribution < 1.29 is 13.7 Å². The van der Waals surface area contributed by atoms with Crippen molar-refractivity contribution >= 4 is 5.91 Å². The molecular weight excluding hydrogens is 309 g/mol. The zero-order valence-electron chi connectivity index (χ0n) is 13.4. The Kier molecular flexibility index (Phi) is 3.82. The fourth-order valence-electron chi connectivity index (χ4n) is 3.53. The van der Waals surface area contributed by atoms with Gasteiger partial charge >= 0.3 is 0 Å². The van der Waals surface area contributed by atoms with Crippen LogP contribution in [0.4, 0.5) is 4.39 Å². The number of hydrogen-bond donors (Lipinski definition) is 1. The number of halogens is 1. The van der Waals surface area contributed by atoms with Crippen molar-refractivity contribution in [1.29, 1.82) is 0 Å². The van der Waals surface area contributed by atoms with Crippen molar-refractivity contribution in [3.63, 3.8) is 0 Å². The molecule has 0 radical (unpaired) electrons. The summed E-state index contributed by atoms with van der Waals surface area (Å²) >= 11 is 0. The number of amides is 1. The van der Waals surface area contributed by atoms with Crippen LogP contribution in [-0.4, -0.2) is 22.1 Å². The number of carbonyl (C=O) groups excluding carboxylic acids is 1. The van der Waals surface area contributed by atoms with E-state index in [1.54, 1.807) is 12.1 Å². The molecule has 0 unspecified atom stereocenters. The van der Waals surface area contributed by atoms with Gasteiger partial charge in [-0.1, -0.05) is 30.1 Å². The van der Waals surface area contributed by atoms with Gasteiger partial charge in [0.15, 0.2) is 5.82 Å². The molecule has 2 fully saturated rings. The fourth-order valence-corrected chi connectivity index (χ4v) is 3.53. The van der Waals surface area contributed by atoms with E-state index in [1.807, 2.05) is 0 Å². The lowest BCUT2D eigenvalue weighted by Gasteiger charge is -2.10. The van der Waals surface area contributed by atoms with E-state index >= 15 is 0 Å². The number of carbonyl (C=O) groups is 1. The minimum Gasteiger partial charge on any atom is -0.353 e. The third kappa shape index (κ3) is 2.92. The van der Waals surface area contributed by atoms with Gasteiger partial charge in [0, 0.05) is 6.04 Å². The topological polar surface area (TPSA) is 68.0 Å². The Hall–Kier alpha value is -2.24. The average molecular weight is 329 g/mol. The van der Waals surface area contributed by atoms with Gasteiger partial charge in [0.2, 0.25) is 11.8 Å². The minimum atomic E-state index is -0.305. The van der Waals surface area contributed by atoms with E-state index in [0.29, 0.717) is 11.7 Å². The molecule has 1 heterocycles. The monoisotopic (exact) mass is 329 g/mol. The van der Waals surface area contributed by atoms with Gasteiger partial charge in [0.05, 0.1) is 11.8 Å². The fraction of sp³-hybridized carbons (Fsp3) is 0.500. The SMILES string of the molecule is O=C(Cc1noc(C2(c3ccc(F)cc3)CC2)n1)NC1CCCC1. The van der Waals surface area contributed by atoms with Crippen LogP contribution >= 0.6 is 0 Å². The molecule has 1 aromatic carbocycles. The molecule has 0 bridgehead atoms. The molecule has 0 saturated heterocycles. The van der Waals surface area contributed by atoms with Crippen LogP contribution in [0.5, 0.6) is 0 Å². The number of rotatable bonds is 5. The highest BCUT2D eigenvalue weighted by molar-refractivity contribution is 5.78. The summed E-state index contributed by atoms with van der Waals surface area (Å²) in [4.78, 5) is 16.5. The summed E-state index contributed by atoms with van der Waals surface area (Å²) in [6.07, 6.45) is 6.39. The molecule has 1 aromatic heterocycles. The first-order chi connectivity index (χ1) is 11.7. The van der Waals surface area contributed by atoms with E-state index in [9.17, 15) is 9.18 Å². The second kappa shape index (κ2) is 6.00. The van der Waals surface area contributed by atoms with Crippen molar-refractivity contribution in [2.45, 2.75) is 56.4 Å². The molecule has 2 aromatic rings. The van der Waals surface area contributed by atoms with E-state index in [0.717, 1.165) is 31.2 Å². The Balaban J connectivity index is 1.44. The minimum absolute atomic E-state index is 0.0547. The number of benzene rings is 1. The Morgan fingerprint density at radius 3 is 2.62 bits per heavy atom. The van der Waals surface area contributed by atoms with Gasteiger partial charge in [0.25, 0.3) is 0 Å². The van der Waals surface area contributed by atoms with Gasteiger partial charge in [0.1, 0.15) is 5.82 Å². The second-order valence-corrected chi connectivity index (χ2v) is 6.83. The molecule has 0 atom stereocenters. The van der Waals surface area contributed by atoms with Crippen LogP contribution in [-0.2, 0) is 16.6 Å². The number of hydrogen-bond acceptors (Lipinski definition) is 4. The molecule has 2 saturated carbocycles.